The summed E-state index contributed by atoms with van der Waals surface area (Å²) in [5.74, 6) is 1.88. The molecule has 2 aliphatic rings. The fraction of sp³-hybridized carbons (Fsp3) is 0.133. The number of amidine groups is 2. The van der Waals surface area contributed by atoms with Gasteiger partial charge in [0, 0.05) is 28.4 Å². The smallest absolute Gasteiger partial charge is 0.283 e. The number of nitrogens with zero attached hydrogens (tertiary/aromatic N) is 4. The molecule has 0 bridgehead atoms. The molecular weight excluding hydrogens is 542 g/mol. The number of carbonyl (C=O) groups is 1. The van der Waals surface area contributed by atoms with Gasteiger partial charge in [-0.15, -0.1) is 5.10 Å². The number of amides is 1. The SMILES string of the molecule is COc1ccc(OCCn2cc(/C=C3/C(=N)N4N=C(SCc5ccccc5)SC4=NC3=O)c3ccccc32)cc1. The standard InChI is InChI=1S/C30H25N5O3S2/c1-37-22-11-13-23(14-12-22)38-16-15-34-18-21(24-9-5-6-10-26(24)34)17-25-27(31)35-29(32-28(25)36)40-30(33-35)39-19-20-7-3-2-4-8-20/h2-14,17-18,31H,15-16,19H2,1H3/b25-17-,31-27?. The van der Waals surface area contributed by atoms with Crippen LogP contribution < -0.4 is 9.47 Å². The Labute approximate surface area is 239 Å². The van der Waals surface area contributed by atoms with Crippen LogP contribution in [0.3, 0.4) is 0 Å². The Balaban J connectivity index is 1.20. The molecule has 3 aromatic carbocycles. The van der Waals surface area contributed by atoms with Crippen LogP contribution in [0.4, 0.5) is 0 Å². The number of benzene rings is 3. The molecule has 0 aliphatic carbocycles. The Bertz CT molecular complexity index is 1680. The second kappa shape index (κ2) is 11.4. The van der Waals surface area contributed by atoms with Gasteiger partial charge < -0.3 is 14.0 Å². The third-order valence-corrected chi connectivity index (χ3v) is 8.53. The molecule has 0 unspecified atom stereocenters. The molecule has 0 saturated heterocycles. The third kappa shape index (κ3) is 5.41. The monoisotopic (exact) mass is 567 g/mol. The average molecular weight is 568 g/mol. The number of nitrogens with one attached hydrogen (secondary N) is 1. The van der Waals surface area contributed by atoms with Crippen LogP contribution in [0.1, 0.15) is 11.1 Å². The van der Waals surface area contributed by atoms with Gasteiger partial charge in [0.1, 0.15) is 18.1 Å². The van der Waals surface area contributed by atoms with E-state index in [-0.39, 0.29) is 11.4 Å². The molecule has 0 saturated carbocycles. The molecule has 8 nitrogen and oxygen atoms in total. The first-order valence-corrected chi connectivity index (χ1v) is 14.4. The summed E-state index contributed by atoms with van der Waals surface area (Å²) in [6.07, 6.45) is 3.72. The van der Waals surface area contributed by atoms with Gasteiger partial charge in [-0.25, -0.2) is 0 Å². The van der Waals surface area contributed by atoms with E-state index in [0.29, 0.717) is 18.3 Å². The van der Waals surface area contributed by atoms with Crippen molar-refractivity contribution in [1.29, 1.82) is 5.41 Å². The Morgan fingerprint density at radius 3 is 2.55 bits per heavy atom. The number of fused-ring (bicyclic) bond motifs is 2. The summed E-state index contributed by atoms with van der Waals surface area (Å²) in [5, 5.41) is 16.2. The van der Waals surface area contributed by atoms with Crippen LogP contribution in [0.5, 0.6) is 11.5 Å². The van der Waals surface area contributed by atoms with Gasteiger partial charge in [0.05, 0.1) is 19.2 Å². The molecule has 40 heavy (non-hydrogen) atoms. The minimum Gasteiger partial charge on any atom is -0.497 e. The summed E-state index contributed by atoms with van der Waals surface area (Å²) < 4.78 is 14.0. The van der Waals surface area contributed by atoms with Crippen molar-refractivity contribution in [1.82, 2.24) is 9.58 Å². The highest BCUT2D eigenvalue weighted by Crippen LogP contribution is 2.34. The number of rotatable bonds is 8. The molecule has 0 spiro atoms. The highest BCUT2D eigenvalue weighted by atomic mass is 32.2. The first kappa shape index (κ1) is 26.0. The van der Waals surface area contributed by atoms with Crippen LogP contribution in [0.15, 0.2) is 101 Å². The van der Waals surface area contributed by atoms with Crippen molar-refractivity contribution >= 4 is 61.8 Å². The highest BCUT2D eigenvalue weighted by molar-refractivity contribution is 8.45. The maximum atomic E-state index is 13.0. The average Bonchev–Trinajstić information content (AvgIpc) is 3.56. The molecule has 1 aromatic heterocycles. The zero-order valence-electron chi connectivity index (χ0n) is 21.6. The highest BCUT2D eigenvalue weighted by Gasteiger charge is 2.36. The molecular formula is C30H25N5O3S2. The van der Waals surface area contributed by atoms with Gasteiger partial charge in [0.25, 0.3) is 5.91 Å². The molecule has 1 N–H and O–H groups in total. The summed E-state index contributed by atoms with van der Waals surface area (Å²) in [5.41, 5.74) is 3.24. The summed E-state index contributed by atoms with van der Waals surface area (Å²) in [4.78, 5) is 17.3. The number of aromatic nitrogens is 1. The van der Waals surface area contributed by atoms with Gasteiger partial charge in [-0.2, -0.15) is 10.0 Å². The van der Waals surface area contributed by atoms with E-state index in [4.69, 9.17) is 14.9 Å². The molecule has 2 aliphatic heterocycles. The van der Waals surface area contributed by atoms with E-state index in [1.807, 2.05) is 72.9 Å². The van der Waals surface area contributed by atoms with E-state index in [1.165, 1.54) is 22.3 Å². The molecule has 1 amide bonds. The van der Waals surface area contributed by atoms with Crippen LogP contribution in [-0.2, 0) is 17.1 Å². The van der Waals surface area contributed by atoms with Gasteiger partial charge in [-0.05, 0) is 53.7 Å². The quantitative estimate of drug-likeness (QED) is 0.254. The van der Waals surface area contributed by atoms with E-state index in [0.717, 1.165) is 38.1 Å². The Morgan fingerprint density at radius 1 is 1.00 bits per heavy atom. The number of para-hydroxylation sites is 1. The van der Waals surface area contributed by atoms with Gasteiger partial charge in [0.2, 0.25) is 5.17 Å². The Hall–Kier alpha value is -4.28. The first-order valence-electron chi connectivity index (χ1n) is 12.6. The number of hydrogen-bond donors (Lipinski definition) is 1. The van der Waals surface area contributed by atoms with Crippen molar-refractivity contribution in [3.8, 4) is 11.5 Å². The van der Waals surface area contributed by atoms with Crippen molar-refractivity contribution in [2.24, 2.45) is 10.1 Å². The summed E-state index contributed by atoms with van der Waals surface area (Å²) in [6.45, 7) is 1.07. The number of carbonyl (C=O) groups excluding carboxylic acids is 1. The lowest BCUT2D eigenvalue weighted by atomic mass is 10.1. The van der Waals surface area contributed by atoms with Gasteiger partial charge in [-0.1, -0.05) is 60.3 Å². The van der Waals surface area contributed by atoms with Gasteiger partial charge in [-0.3, -0.25) is 10.2 Å². The Kier molecular flexibility index (Phi) is 7.43. The molecule has 4 aromatic rings. The van der Waals surface area contributed by atoms with Gasteiger partial charge in [0.15, 0.2) is 10.2 Å². The number of thioether (sulfide) groups is 2. The van der Waals surface area contributed by atoms with Crippen molar-refractivity contribution in [3.63, 3.8) is 0 Å². The van der Waals surface area contributed by atoms with Crippen molar-refractivity contribution < 1.29 is 14.3 Å². The number of ether oxygens (including phenoxy) is 2. The predicted molar refractivity (Wildman–Crippen MR) is 163 cm³/mol. The molecule has 3 heterocycles. The fourth-order valence-corrected chi connectivity index (χ4v) is 6.30. The summed E-state index contributed by atoms with van der Waals surface area (Å²) >= 11 is 2.89. The van der Waals surface area contributed by atoms with Crippen molar-refractivity contribution in [2.45, 2.75) is 12.3 Å². The topological polar surface area (TPSA) is 92.3 Å². The lowest BCUT2D eigenvalue weighted by Gasteiger charge is -2.20. The van der Waals surface area contributed by atoms with Crippen LogP contribution in [0.2, 0.25) is 0 Å². The number of hydrazone groups is 1. The van der Waals surface area contributed by atoms with Crippen molar-refractivity contribution in [3.05, 3.63) is 102 Å². The second-order valence-corrected chi connectivity index (χ2v) is 11.2. The first-order chi connectivity index (χ1) is 19.6. The van der Waals surface area contributed by atoms with Crippen LogP contribution in [-0.4, -0.2) is 44.6 Å². The third-order valence-electron chi connectivity index (χ3n) is 6.42. The van der Waals surface area contributed by atoms with E-state index in [2.05, 4.69) is 26.8 Å². The van der Waals surface area contributed by atoms with Crippen molar-refractivity contribution in [2.75, 3.05) is 13.7 Å². The summed E-state index contributed by atoms with van der Waals surface area (Å²) in [6, 6.07) is 25.6. The zero-order valence-corrected chi connectivity index (χ0v) is 23.2. The predicted octanol–water partition coefficient (Wildman–Crippen LogP) is 6.24. The molecule has 0 atom stereocenters. The molecule has 6 rings (SSSR count). The normalized spacial score (nSPS) is 15.8. The fourth-order valence-electron chi connectivity index (χ4n) is 4.42. The van der Waals surface area contributed by atoms with E-state index >= 15 is 0 Å². The molecule has 0 radical (unpaired) electrons. The molecule has 10 heteroatoms. The Morgan fingerprint density at radius 2 is 1.75 bits per heavy atom. The summed E-state index contributed by atoms with van der Waals surface area (Å²) in [7, 11) is 1.63. The largest absolute Gasteiger partial charge is 0.497 e. The zero-order chi connectivity index (χ0) is 27.5. The van der Waals surface area contributed by atoms with Crippen LogP contribution in [0.25, 0.3) is 17.0 Å². The van der Waals surface area contributed by atoms with E-state index in [1.54, 1.807) is 24.9 Å². The molecule has 200 valence electrons. The van der Waals surface area contributed by atoms with Crippen LogP contribution in [0, 0.1) is 5.41 Å². The minimum absolute atomic E-state index is 0.0254. The number of methoxy groups -OCH3 is 1. The number of hydrogen-bond acceptors (Lipinski definition) is 7. The van der Waals surface area contributed by atoms with Gasteiger partial charge >= 0.3 is 0 Å². The van der Waals surface area contributed by atoms with E-state index in [9.17, 15) is 4.79 Å². The maximum Gasteiger partial charge on any atom is 0.283 e. The number of aliphatic imine (C=N–C) groups is 1. The maximum absolute atomic E-state index is 13.0. The lowest BCUT2D eigenvalue weighted by molar-refractivity contribution is -0.114. The van der Waals surface area contributed by atoms with Crippen LogP contribution >= 0.6 is 23.5 Å². The van der Waals surface area contributed by atoms with E-state index < -0.39 is 5.91 Å². The minimum atomic E-state index is -0.437. The second-order valence-electron chi connectivity index (χ2n) is 8.98. The molecule has 0 fully saturated rings. The lowest BCUT2D eigenvalue weighted by Crippen LogP contribution is -2.35.